The molecule has 0 N–H and O–H groups in total. The van der Waals surface area contributed by atoms with Crippen molar-refractivity contribution < 1.29 is 13.6 Å². The fourth-order valence-corrected chi connectivity index (χ4v) is 3.20. The number of rotatable bonds is 3. The van der Waals surface area contributed by atoms with E-state index in [1.165, 1.54) is 19.3 Å². The lowest BCUT2D eigenvalue weighted by Crippen LogP contribution is -2.29. The first-order chi connectivity index (χ1) is 8.07. The van der Waals surface area contributed by atoms with Crippen molar-refractivity contribution in [2.24, 2.45) is 11.8 Å². The van der Waals surface area contributed by atoms with Crippen LogP contribution in [0.2, 0.25) is 0 Å². The Morgan fingerprint density at radius 2 is 1.59 bits per heavy atom. The lowest BCUT2D eigenvalue weighted by atomic mass is 9.78. The minimum absolute atomic E-state index is 0.0726. The Hall–Kier alpha value is -0.470. The smallest absolute Gasteiger partial charge is 0.248 e. The van der Waals surface area contributed by atoms with Gasteiger partial charge in [-0.3, -0.25) is 4.79 Å². The maximum atomic E-state index is 13.0. The van der Waals surface area contributed by atoms with Crippen LogP contribution in [-0.2, 0) is 4.79 Å². The van der Waals surface area contributed by atoms with E-state index in [2.05, 4.69) is 0 Å². The van der Waals surface area contributed by atoms with E-state index < -0.39 is 5.92 Å². The van der Waals surface area contributed by atoms with Crippen LogP contribution in [0.1, 0.15) is 64.2 Å². The van der Waals surface area contributed by atoms with Gasteiger partial charge in [-0.15, -0.1) is 0 Å². The average molecular weight is 244 g/mol. The van der Waals surface area contributed by atoms with Gasteiger partial charge in [-0.25, -0.2) is 8.78 Å². The summed E-state index contributed by atoms with van der Waals surface area (Å²) in [6.07, 6.45) is 7.36. The first-order valence-electron chi connectivity index (χ1n) is 6.97. The Morgan fingerprint density at radius 1 is 1.00 bits per heavy atom. The van der Waals surface area contributed by atoms with Gasteiger partial charge in [0.25, 0.3) is 0 Å². The molecule has 98 valence electrons. The molecule has 0 unspecified atom stereocenters. The Balaban J connectivity index is 1.76. The zero-order chi connectivity index (χ0) is 12.3. The molecule has 2 saturated carbocycles. The normalized spacial score (nSPS) is 26.9. The quantitative estimate of drug-likeness (QED) is 0.721. The molecule has 1 nitrogen and oxygen atoms in total. The first kappa shape index (κ1) is 13.0. The first-order valence-corrected chi connectivity index (χ1v) is 6.97. The minimum atomic E-state index is -2.51. The van der Waals surface area contributed by atoms with Crippen molar-refractivity contribution in [3.05, 3.63) is 0 Å². The highest BCUT2D eigenvalue weighted by molar-refractivity contribution is 5.81. The van der Waals surface area contributed by atoms with E-state index in [9.17, 15) is 13.6 Å². The van der Waals surface area contributed by atoms with Gasteiger partial charge in [-0.05, 0) is 18.8 Å². The summed E-state index contributed by atoms with van der Waals surface area (Å²) in [4.78, 5) is 12.0. The van der Waals surface area contributed by atoms with E-state index in [-0.39, 0.29) is 24.5 Å². The highest BCUT2D eigenvalue weighted by Gasteiger charge is 2.37. The van der Waals surface area contributed by atoms with E-state index >= 15 is 0 Å². The van der Waals surface area contributed by atoms with Crippen LogP contribution in [0.4, 0.5) is 8.78 Å². The predicted molar refractivity (Wildman–Crippen MR) is 63.1 cm³/mol. The van der Waals surface area contributed by atoms with E-state index in [1.807, 2.05) is 0 Å². The van der Waals surface area contributed by atoms with E-state index in [1.54, 1.807) is 0 Å². The highest BCUT2D eigenvalue weighted by Crippen LogP contribution is 2.38. The molecule has 0 bridgehead atoms. The molecule has 2 aliphatic rings. The second-order valence-electron chi connectivity index (χ2n) is 5.80. The molecule has 0 spiro atoms. The van der Waals surface area contributed by atoms with E-state index in [0.717, 1.165) is 12.8 Å². The fourth-order valence-electron chi connectivity index (χ4n) is 3.20. The highest BCUT2D eigenvalue weighted by atomic mass is 19.3. The summed E-state index contributed by atoms with van der Waals surface area (Å²) in [5.74, 6) is -1.79. The summed E-state index contributed by atoms with van der Waals surface area (Å²) in [6, 6.07) is 0. The summed E-state index contributed by atoms with van der Waals surface area (Å²) < 4.78 is 26.0. The van der Waals surface area contributed by atoms with Gasteiger partial charge < -0.3 is 0 Å². The van der Waals surface area contributed by atoms with Crippen molar-refractivity contribution in [1.29, 1.82) is 0 Å². The molecular weight excluding hydrogens is 222 g/mol. The van der Waals surface area contributed by atoms with Crippen LogP contribution >= 0.6 is 0 Å². The molecule has 2 fully saturated rings. The number of hydrogen-bond acceptors (Lipinski definition) is 1. The molecule has 0 saturated heterocycles. The van der Waals surface area contributed by atoms with Crippen molar-refractivity contribution in [3.63, 3.8) is 0 Å². The molecule has 0 aromatic carbocycles. The molecule has 0 heterocycles. The van der Waals surface area contributed by atoms with Crippen LogP contribution in [-0.4, -0.2) is 11.7 Å². The van der Waals surface area contributed by atoms with Crippen LogP contribution < -0.4 is 0 Å². The molecule has 3 heteroatoms. The molecule has 0 amide bonds. The van der Waals surface area contributed by atoms with Gasteiger partial charge in [0.1, 0.15) is 5.78 Å². The van der Waals surface area contributed by atoms with Gasteiger partial charge in [-0.2, -0.15) is 0 Å². The third kappa shape index (κ3) is 3.75. The molecular formula is C14H22F2O. The zero-order valence-electron chi connectivity index (χ0n) is 10.4. The Labute approximate surface area is 102 Å². The van der Waals surface area contributed by atoms with E-state index in [0.29, 0.717) is 25.2 Å². The number of alkyl halides is 2. The monoisotopic (exact) mass is 244 g/mol. The molecule has 0 atom stereocenters. The molecule has 0 aliphatic heterocycles. The van der Waals surface area contributed by atoms with Crippen LogP contribution in [0.25, 0.3) is 0 Å². The van der Waals surface area contributed by atoms with Crippen LogP contribution in [0.15, 0.2) is 0 Å². The molecule has 0 aromatic heterocycles. The van der Waals surface area contributed by atoms with Crippen LogP contribution in [0.5, 0.6) is 0 Å². The summed E-state index contributed by atoms with van der Waals surface area (Å²) in [7, 11) is 0. The zero-order valence-corrected chi connectivity index (χ0v) is 10.4. The Morgan fingerprint density at radius 3 is 2.18 bits per heavy atom. The number of ketones is 1. The minimum Gasteiger partial charge on any atom is -0.299 e. The molecule has 0 aromatic rings. The number of Topliss-reactive ketones (excluding diaryl/α,β-unsaturated/α-hetero) is 1. The van der Waals surface area contributed by atoms with Crippen LogP contribution in [0, 0.1) is 11.8 Å². The Kier molecular flexibility index (Phi) is 4.16. The largest absolute Gasteiger partial charge is 0.299 e. The third-order valence-electron chi connectivity index (χ3n) is 4.39. The predicted octanol–water partition coefficient (Wildman–Crippen LogP) is 4.35. The molecule has 17 heavy (non-hydrogen) atoms. The van der Waals surface area contributed by atoms with Crippen molar-refractivity contribution >= 4 is 5.78 Å². The van der Waals surface area contributed by atoms with Gasteiger partial charge in [0.2, 0.25) is 5.92 Å². The summed E-state index contributed by atoms with van der Waals surface area (Å²) in [6.45, 7) is 0. The summed E-state index contributed by atoms with van der Waals surface area (Å²) in [5, 5.41) is 0. The van der Waals surface area contributed by atoms with E-state index in [4.69, 9.17) is 0 Å². The number of hydrogen-bond donors (Lipinski definition) is 0. The van der Waals surface area contributed by atoms with Gasteiger partial charge in [0, 0.05) is 25.2 Å². The molecule has 2 rings (SSSR count). The third-order valence-corrected chi connectivity index (χ3v) is 4.39. The SMILES string of the molecule is O=C(CC1CCCCC1)C1CCC(F)(F)CC1. The lowest BCUT2D eigenvalue weighted by Gasteiger charge is -2.29. The van der Waals surface area contributed by atoms with Crippen molar-refractivity contribution in [2.45, 2.75) is 70.1 Å². The number of carbonyl (C=O) groups is 1. The van der Waals surface area contributed by atoms with Crippen molar-refractivity contribution in [2.75, 3.05) is 0 Å². The molecule has 2 aliphatic carbocycles. The second-order valence-corrected chi connectivity index (χ2v) is 5.80. The van der Waals surface area contributed by atoms with Gasteiger partial charge in [0.05, 0.1) is 0 Å². The molecule has 0 radical (unpaired) electrons. The standard InChI is InChI=1S/C14H22F2O/c15-14(16)8-6-12(7-9-14)13(17)10-11-4-2-1-3-5-11/h11-12H,1-10H2. The lowest BCUT2D eigenvalue weighted by molar-refractivity contribution is -0.128. The average Bonchev–Trinajstić information content (AvgIpc) is 2.30. The number of carbonyl (C=O) groups excluding carboxylic acids is 1. The van der Waals surface area contributed by atoms with Gasteiger partial charge >= 0.3 is 0 Å². The summed E-state index contributed by atoms with van der Waals surface area (Å²) >= 11 is 0. The van der Waals surface area contributed by atoms with Crippen molar-refractivity contribution in [3.8, 4) is 0 Å². The second kappa shape index (κ2) is 5.45. The fraction of sp³-hybridized carbons (Fsp3) is 0.929. The van der Waals surface area contributed by atoms with Gasteiger partial charge in [-0.1, -0.05) is 32.1 Å². The topological polar surface area (TPSA) is 17.1 Å². The van der Waals surface area contributed by atoms with Crippen LogP contribution in [0.3, 0.4) is 0 Å². The van der Waals surface area contributed by atoms with Crippen molar-refractivity contribution in [1.82, 2.24) is 0 Å². The van der Waals surface area contributed by atoms with Gasteiger partial charge in [0.15, 0.2) is 0 Å². The summed E-state index contributed by atoms with van der Waals surface area (Å²) in [5.41, 5.74) is 0. The Bertz CT molecular complexity index is 259. The number of halogens is 2. The maximum Gasteiger partial charge on any atom is 0.248 e. The maximum absolute atomic E-state index is 13.0.